The molecular weight excluding hydrogens is 234 g/mol. The van der Waals surface area contributed by atoms with Crippen LogP contribution in [0, 0.1) is 6.92 Å². The molecule has 0 bridgehead atoms. The summed E-state index contributed by atoms with van der Waals surface area (Å²) < 4.78 is 2.03. The molecule has 1 heterocycles. The van der Waals surface area contributed by atoms with E-state index < -0.39 is 0 Å². The fraction of sp³-hybridized carbons (Fsp3) is 0.125. The van der Waals surface area contributed by atoms with Gasteiger partial charge in [-0.2, -0.15) is 0 Å². The van der Waals surface area contributed by atoms with Gasteiger partial charge >= 0.3 is 0 Å². The van der Waals surface area contributed by atoms with Gasteiger partial charge in [-0.25, -0.2) is 0 Å². The van der Waals surface area contributed by atoms with E-state index in [0.29, 0.717) is 0 Å². The minimum Gasteiger partial charge on any atom is -0.285 e. The molecule has 3 heteroatoms. The van der Waals surface area contributed by atoms with Crippen molar-refractivity contribution < 1.29 is 0 Å². The summed E-state index contributed by atoms with van der Waals surface area (Å²) in [5.41, 5.74) is 3.61. The summed E-state index contributed by atoms with van der Waals surface area (Å²) in [5.74, 6) is 0.954. The molecular formula is C16H15N3. The van der Waals surface area contributed by atoms with Gasteiger partial charge in [0.25, 0.3) is 0 Å². The van der Waals surface area contributed by atoms with Gasteiger partial charge in [-0.3, -0.25) is 4.57 Å². The first-order chi connectivity index (χ1) is 9.33. The first kappa shape index (κ1) is 11.7. The third kappa shape index (κ3) is 2.55. The van der Waals surface area contributed by atoms with E-state index >= 15 is 0 Å². The molecule has 94 valence electrons. The Morgan fingerprint density at radius 3 is 2.42 bits per heavy atom. The van der Waals surface area contributed by atoms with Crippen molar-refractivity contribution in [1.82, 2.24) is 14.8 Å². The molecule has 0 aliphatic carbocycles. The maximum Gasteiger partial charge on any atom is 0.141 e. The summed E-state index contributed by atoms with van der Waals surface area (Å²) in [6.45, 7) is 2.09. The minimum atomic E-state index is 0.787. The van der Waals surface area contributed by atoms with Crippen molar-refractivity contribution in [1.29, 1.82) is 0 Å². The fourth-order valence-corrected chi connectivity index (χ4v) is 2.07. The molecule has 0 radical (unpaired) electrons. The molecule has 3 rings (SSSR count). The lowest BCUT2D eigenvalue weighted by molar-refractivity contribution is 0.905. The summed E-state index contributed by atoms with van der Waals surface area (Å²) in [7, 11) is 0. The Morgan fingerprint density at radius 2 is 1.68 bits per heavy atom. The largest absolute Gasteiger partial charge is 0.285 e. The van der Waals surface area contributed by atoms with Gasteiger partial charge in [0.2, 0.25) is 0 Å². The highest BCUT2D eigenvalue weighted by Crippen LogP contribution is 2.13. The minimum absolute atomic E-state index is 0.787. The Labute approximate surface area is 112 Å². The van der Waals surface area contributed by atoms with Crippen molar-refractivity contribution >= 4 is 0 Å². The molecule has 0 saturated heterocycles. The molecule has 0 saturated carbocycles. The number of para-hydroxylation sites is 1. The van der Waals surface area contributed by atoms with E-state index in [1.54, 1.807) is 6.33 Å². The smallest absolute Gasteiger partial charge is 0.141 e. The van der Waals surface area contributed by atoms with E-state index in [1.165, 1.54) is 11.1 Å². The third-order valence-corrected chi connectivity index (χ3v) is 3.14. The number of hydrogen-bond donors (Lipinski definition) is 0. The molecule has 0 N–H and O–H groups in total. The van der Waals surface area contributed by atoms with Crippen LogP contribution in [-0.2, 0) is 6.42 Å². The van der Waals surface area contributed by atoms with Crippen LogP contribution < -0.4 is 0 Å². The molecule has 0 aliphatic rings. The van der Waals surface area contributed by atoms with Crippen molar-refractivity contribution in [2.45, 2.75) is 13.3 Å². The molecule has 2 aromatic carbocycles. The highest BCUT2D eigenvalue weighted by atomic mass is 15.3. The number of hydrogen-bond acceptors (Lipinski definition) is 2. The fourth-order valence-electron chi connectivity index (χ4n) is 2.07. The van der Waals surface area contributed by atoms with Gasteiger partial charge in [0, 0.05) is 12.1 Å². The van der Waals surface area contributed by atoms with Crippen LogP contribution >= 0.6 is 0 Å². The van der Waals surface area contributed by atoms with E-state index in [0.717, 1.165) is 17.9 Å². The molecule has 0 atom stereocenters. The summed E-state index contributed by atoms with van der Waals surface area (Å²) in [6.07, 6.45) is 2.55. The van der Waals surface area contributed by atoms with Crippen molar-refractivity contribution in [2.75, 3.05) is 0 Å². The van der Waals surface area contributed by atoms with Crippen LogP contribution in [0.15, 0.2) is 60.9 Å². The number of rotatable bonds is 3. The monoisotopic (exact) mass is 249 g/mol. The van der Waals surface area contributed by atoms with Crippen LogP contribution in [0.25, 0.3) is 5.69 Å². The number of aromatic nitrogens is 3. The molecule has 0 spiro atoms. The highest BCUT2D eigenvalue weighted by Gasteiger charge is 2.06. The average molecular weight is 249 g/mol. The van der Waals surface area contributed by atoms with Crippen LogP contribution in [0.1, 0.15) is 17.0 Å². The summed E-state index contributed by atoms with van der Waals surface area (Å²) in [5, 5.41) is 8.25. The van der Waals surface area contributed by atoms with Gasteiger partial charge in [-0.1, -0.05) is 48.0 Å². The lowest BCUT2D eigenvalue weighted by atomic mass is 10.1. The average Bonchev–Trinajstić information content (AvgIpc) is 2.90. The first-order valence-electron chi connectivity index (χ1n) is 6.33. The summed E-state index contributed by atoms with van der Waals surface area (Å²) in [6, 6.07) is 18.7. The number of aryl methyl sites for hydroxylation is 1. The van der Waals surface area contributed by atoms with Crippen molar-refractivity contribution in [3.63, 3.8) is 0 Å². The van der Waals surface area contributed by atoms with Crippen LogP contribution in [0.2, 0.25) is 0 Å². The van der Waals surface area contributed by atoms with Gasteiger partial charge < -0.3 is 0 Å². The van der Waals surface area contributed by atoms with Crippen molar-refractivity contribution in [3.05, 3.63) is 77.9 Å². The predicted molar refractivity (Wildman–Crippen MR) is 75.3 cm³/mol. The van der Waals surface area contributed by atoms with E-state index in [4.69, 9.17) is 0 Å². The van der Waals surface area contributed by atoms with E-state index in [2.05, 4.69) is 53.5 Å². The second-order valence-electron chi connectivity index (χ2n) is 4.62. The zero-order valence-corrected chi connectivity index (χ0v) is 10.8. The normalized spacial score (nSPS) is 10.6. The van der Waals surface area contributed by atoms with E-state index in [9.17, 15) is 0 Å². The van der Waals surface area contributed by atoms with Gasteiger partial charge in [-0.15, -0.1) is 10.2 Å². The Hall–Kier alpha value is -2.42. The van der Waals surface area contributed by atoms with Crippen LogP contribution in [-0.4, -0.2) is 14.8 Å². The maximum absolute atomic E-state index is 4.22. The standard InChI is InChI=1S/C16H15N3/c1-13-7-9-14(10-8-13)11-16-18-17-12-19(16)15-5-3-2-4-6-15/h2-10,12H,11H2,1H3. The predicted octanol–water partition coefficient (Wildman–Crippen LogP) is 3.17. The summed E-state index contributed by atoms with van der Waals surface area (Å²) >= 11 is 0. The summed E-state index contributed by atoms with van der Waals surface area (Å²) in [4.78, 5) is 0. The molecule has 19 heavy (non-hydrogen) atoms. The Bertz CT molecular complexity index is 654. The highest BCUT2D eigenvalue weighted by molar-refractivity contribution is 5.33. The Balaban J connectivity index is 1.91. The van der Waals surface area contributed by atoms with Crippen LogP contribution in [0.4, 0.5) is 0 Å². The zero-order chi connectivity index (χ0) is 13.1. The zero-order valence-electron chi connectivity index (χ0n) is 10.8. The van der Waals surface area contributed by atoms with Gasteiger partial charge in [0.05, 0.1) is 0 Å². The van der Waals surface area contributed by atoms with Crippen molar-refractivity contribution in [2.24, 2.45) is 0 Å². The van der Waals surface area contributed by atoms with Gasteiger partial charge in [0.15, 0.2) is 0 Å². The lowest BCUT2D eigenvalue weighted by Gasteiger charge is -2.06. The SMILES string of the molecule is Cc1ccc(Cc2nncn2-c2ccccc2)cc1. The van der Waals surface area contributed by atoms with Crippen molar-refractivity contribution in [3.8, 4) is 5.69 Å². The molecule has 3 nitrogen and oxygen atoms in total. The molecule has 0 fully saturated rings. The second kappa shape index (κ2) is 5.06. The molecule has 0 aliphatic heterocycles. The molecule has 0 amide bonds. The Morgan fingerprint density at radius 1 is 0.947 bits per heavy atom. The third-order valence-electron chi connectivity index (χ3n) is 3.14. The molecule has 1 aromatic heterocycles. The van der Waals surface area contributed by atoms with E-state index in [1.807, 2.05) is 22.8 Å². The number of nitrogens with zero attached hydrogens (tertiary/aromatic N) is 3. The van der Waals surface area contributed by atoms with Gasteiger partial charge in [-0.05, 0) is 24.6 Å². The van der Waals surface area contributed by atoms with Crippen LogP contribution in [0.5, 0.6) is 0 Å². The second-order valence-corrected chi connectivity index (χ2v) is 4.62. The molecule has 0 unspecified atom stereocenters. The van der Waals surface area contributed by atoms with E-state index in [-0.39, 0.29) is 0 Å². The topological polar surface area (TPSA) is 30.7 Å². The number of benzene rings is 2. The first-order valence-corrected chi connectivity index (χ1v) is 6.33. The quantitative estimate of drug-likeness (QED) is 0.713. The maximum atomic E-state index is 4.22. The Kier molecular flexibility index (Phi) is 3.11. The van der Waals surface area contributed by atoms with Gasteiger partial charge in [0.1, 0.15) is 12.2 Å². The molecule has 3 aromatic rings. The lowest BCUT2D eigenvalue weighted by Crippen LogP contribution is -2.01. The van der Waals surface area contributed by atoms with Crippen LogP contribution in [0.3, 0.4) is 0 Å².